The zero-order valence-electron chi connectivity index (χ0n) is 11.5. The summed E-state index contributed by atoms with van der Waals surface area (Å²) in [6, 6.07) is 6.69. The minimum absolute atomic E-state index is 0.122. The molecule has 1 N–H and O–H groups in total. The molecule has 0 radical (unpaired) electrons. The molecule has 5 nitrogen and oxygen atoms in total. The van der Waals surface area contributed by atoms with Crippen molar-refractivity contribution in [2.45, 2.75) is 19.1 Å². The Morgan fingerprint density at radius 3 is 2.84 bits per heavy atom. The normalized spacial score (nSPS) is 23.7. The van der Waals surface area contributed by atoms with Crippen LogP contribution < -0.4 is 4.90 Å². The molecule has 5 heteroatoms. The summed E-state index contributed by atoms with van der Waals surface area (Å²) >= 11 is 0. The maximum Gasteiger partial charge on any atom is 0.298 e. The first-order chi connectivity index (χ1) is 9.04. The molecule has 0 amide bonds. The Morgan fingerprint density at radius 1 is 1.37 bits per heavy atom. The van der Waals surface area contributed by atoms with E-state index >= 15 is 0 Å². The molecule has 1 aromatic heterocycles. The number of aliphatic hydroxyl groups is 1. The van der Waals surface area contributed by atoms with E-state index < -0.39 is 0 Å². The van der Waals surface area contributed by atoms with E-state index in [4.69, 9.17) is 4.42 Å². The fourth-order valence-corrected chi connectivity index (χ4v) is 2.59. The van der Waals surface area contributed by atoms with Crippen molar-refractivity contribution < 1.29 is 9.52 Å². The zero-order valence-corrected chi connectivity index (χ0v) is 11.5. The van der Waals surface area contributed by atoms with Gasteiger partial charge in [0.15, 0.2) is 5.58 Å². The highest BCUT2D eigenvalue weighted by molar-refractivity contribution is 5.75. The third-order valence-electron chi connectivity index (χ3n) is 3.72. The molecule has 0 spiro atoms. The molecule has 0 aliphatic carbocycles. The van der Waals surface area contributed by atoms with Gasteiger partial charge in [0.05, 0.1) is 12.1 Å². The molecule has 2 atom stereocenters. The first-order valence-corrected chi connectivity index (χ1v) is 6.51. The van der Waals surface area contributed by atoms with Crippen LogP contribution >= 0.6 is 0 Å². The molecule has 1 aliphatic rings. The van der Waals surface area contributed by atoms with Gasteiger partial charge in [-0.2, -0.15) is 4.98 Å². The molecule has 2 aromatic rings. The van der Waals surface area contributed by atoms with Crippen LogP contribution in [-0.4, -0.2) is 54.3 Å². The Bertz CT molecular complexity index is 593. The fourth-order valence-electron chi connectivity index (χ4n) is 2.59. The van der Waals surface area contributed by atoms with Gasteiger partial charge in [0.25, 0.3) is 6.01 Å². The number of hydrogen-bond acceptors (Lipinski definition) is 5. The van der Waals surface area contributed by atoms with Crippen LogP contribution in [0.15, 0.2) is 22.6 Å². The molecule has 3 rings (SSSR count). The van der Waals surface area contributed by atoms with Crippen molar-refractivity contribution in [3.05, 3.63) is 23.8 Å². The van der Waals surface area contributed by atoms with Crippen LogP contribution in [-0.2, 0) is 0 Å². The summed E-state index contributed by atoms with van der Waals surface area (Å²) in [4.78, 5) is 8.56. The third-order valence-corrected chi connectivity index (χ3v) is 3.72. The SMILES string of the molecule is Cc1ccc2oc(N3C[C@H](O)[C@@H](N(C)C)C3)nc2c1. The molecule has 0 saturated carbocycles. The average molecular weight is 261 g/mol. The van der Waals surface area contributed by atoms with Gasteiger partial charge in [-0.05, 0) is 38.7 Å². The van der Waals surface area contributed by atoms with Gasteiger partial charge in [-0.25, -0.2) is 0 Å². The minimum Gasteiger partial charge on any atom is -0.423 e. The maximum absolute atomic E-state index is 10.1. The molecule has 0 bridgehead atoms. The van der Waals surface area contributed by atoms with E-state index in [1.807, 2.05) is 49.0 Å². The predicted molar refractivity (Wildman–Crippen MR) is 74.4 cm³/mol. The van der Waals surface area contributed by atoms with Crippen molar-refractivity contribution in [2.75, 3.05) is 32.1 Å². The lowest BCUT2D eigenvalue weighted by Crippen LogP contribution is -2.38. The first-order valence-electron chi connectivity index (χ1n) is 6.51. The second kappa shape index (κ2) is 4.51. The zero-order chi connectivity index (χ0) is 13.6. The average Bonchev–Trinajstić information content (AvgIpc) is 2.91. The lowest BCUT2D eigenvalue weighted by molar-refractivity contribution is 0.114. The van der Waals surface area contributed by atoms with E-state index in [1.165, 1.54) is 5.56 Å². The van der Waals surface area contributed by atoms with Crippen molar-refractivity contribution in [3.8, 4) is 0 Å². The van der Waals surface area contributed by atoms with Gasteiger partial charge in [0, 0.05) is 13.1 Å². The Hall–Kier alpha value is -1.59. The van der Waals surface area contributed by atoms with Crippen LogP contribution in [0.2, 0.25) is 0 Å². The Morgan fingerprint density at radius 2 is 2.16 bits per heavy atom. The van der Waals surface area contributed by atoms with Crippen molar-refractivity contribution >= 4 is 17.1 Å². The molecule has 19 heavy (non-hydrogen) atoms. The largest absolute Gasteiger partial charge is 0.423 e. The van der Waals surface area contributed by atoms with E-state index in [9.17, 15) is 5.11 Å². The highest BCUT2D eigenvalue weighted by Crippen LogP contribution is 2.26. The van der Waals surface area contributed by atoms with E-state index in [2.05, 4.69) is 4.98 Å². The first kappa shape index (κ1) is 12.4. The lowest BCUT2D eigenvalue weighted by atomic mass is 10.2. The number of rotatable bonds is 2. The van der Waals surface area contributed by atoms with Gasteiger partial charge in [-0.1, -0.05) is 6.07 Å². The summed E-state index contributed by atoms with van der Waals surface area (Å²) < 4.78 is 5.77. The van der Waals surface area contributed by atoms with E-state index in [0.29, 0.717) is 12.6 Å². The third kappa shape index (κ3) is 2.19. The molecule has 0 unspecified atom stereocenters. The van der Waals surface area contributed by atoms with E-state index in [1.54, 1.807) is 0 Å². The monoisotopic (exact) mass is 261 g/mol. The van der Waals surface area contributed by atoms with Crippen molar-refractivity contribution in [2.24, 2.45) is 0 Å². The number of β-amino-alcohol motifs (C(OH)–C–C–N with tert-alkyl or cyclic N) is 1. The predicted octanol–water partition coefficient (Wildman–Crippen LogP) is 1.25. The maximum atomic E-state index is 10.1. The van der Waals surface area contributed by atoms with Gasteiger partial charge in [0.2, 0.25) is 0 Å². The molecule has 1 aliphatic heterocycles. The van der Waals surface area contributed by atoms with Gasteiger partial charge in [0.1, 0.15) is 5.52 Å². The van der Waals surface area contributed by atoms with E-state index in [0.717, 1.165) is 17.6 Å². The number of aliphatic hydroxyl groups excluding tert-OH is 1. The summed E-state index contributed by atoms with van der Waals surface area (Å²) in [5.74, 6) is 0. The summed E-state index contributed by atoms with van der Waals surface area (Å²) in [6.07, 6.45) is -0.369. The van der Waals surface area contributed by atoms with Gasteiger partial charge in [-0.15, -0.1) is 0 Å². The van der Waals surface area contributed by atoms with Crippen molar-refractivity contribution in [1.82, 2.24) is 9.88 Å². The van der Waals surface area contributed by atoms with Crippen molar-refractivity contribution in [3.63, 3.8) is 0 Å². The van der Waals surface area contributed by atoms with Crippen LogP contribution in [0.4, 0.5) is 6.01 Å². The molecule has 1 saturated heterocycles. The Labute approximate surface area is 112 Å². The highest BCUT2D eigenvalue weighted by Gasteiger charge is 2.34. The van der Waals surface area contributed by atoms with Crippen LogP contribution in [0.1, 0.15) is 5.56 Å². The lowest BCUT2D eigenvalue weighted by Gasteiger charge is -2.21. The number of nitrogens with zero attached hydrogens (tertiary/aromatic N) is 3. The minimum atomic E-state index is -0.369. The number of benzene rings is 1. The molecular formula is C14H19N3O2. The van der Waals surface area contributed by atoms with Crippen LogP contribution in [0.3, 0.4) is 0 Å². The van der Waals surface area contributed by atoms with E-state index in [-0.39, 0.29) is 12.1 Å². The van der Waals surface area contributed by atoms with Gasteiger partial charge < -0.3 is 19.3 Å². The number of aryl methyl sites for hydroxylation is 1. The summed E-state index contributed by atoms with van der Waals surface area (Å²) in [6.45, 7) is 3.34. The molecule has 2 heterocycles. The number of hydrogen-bond donors (Lipinski definition) is 1. The number of aromatic nitrogens is 1. The van der Waals surface area contributed by atoms with Crippen LogP contribution in [0.5, 0.6) is 0 Å². The Kier molecular flexibility index (Phi) is 2.95. The number of anilines is 1. The Balaban J connectivity index is 1.89. The molecule has 1 aromatic carbocycles. The van der Waals surface area contributed by atoms with Gasteiger partial charge in [-0.3, -0.25) is 0 Å². The highest BCUT2D eigenvalue weighted by atomic mass is 16.4. The number of likely N-dealkylation sites (N-methyl/N-ethyl adjacent to an activating group) is 1. The molecular weight excluding hydrogens is 242 g/mol. The molecule has 1 fully saturated rings. The summed E-state index contributed by atoms with van der Waals surface area (Å²) in [5.41, 5.74) is 2.83. The molecule has 102 valence electrons. The summed E-state index contributed by atoms with van der Waals surface area (Å²) in [7, 11) is 3.96. The second-order valence-corrected chi connectivity index (χ2v) is 5.47. The second-order valence-electron chi connectivity index (χ2n) is 5.47. The van der Waals surface area contributed by atoms with Crippen LogP contribution in [0.25, 0.3) is 11.1 Å². The topological polar surface area (TPSA) is 52.7 Å². The smallest absolute Gasteiger partial charge is 0.298 e. The summed E-state index contributed by atoms with van der Waals surface area (Å²) in [5, 5.41) is 10.1. The quantitative estimate of drug-likeness (QED) is 0.881. The standard InChI is InChI=1S/C14H19N3O2/c1-9-4-5-13-10(6-9)15-14(19-13)17-7-11(16(2)3)12(18)8-17/h4-6,11-12,18H,7-8H2,1-3H3/t11-,12-/m0/s1. The number of oxazole rings is 1. The van der Waals surface area contributed by atoms with Crippen LogP contribution in [0, 0.1) is 6.92 Å². The van der Waals surface area contributed by atoms with Crippen molar-refractivity contribution in [1.29, 1.82) is 0 Å². The number of fused-ring (bicyclic) bond motifs is 1. The fraction of sp³-hybridized carbons (Fsp3) is 0.500. The van der Waals surface area contributed by atoms with Gasteiger partial charge >= 0.3 is 0 Å².